The second-order valence-electron chi connectivity index (χ2n) is 7.11. The number of piperidine rings is 1. The molecular formula is C23H22N2O2. The van der Waals surface area contributed by atoms with Gasteiger partial charge < -0.3 is 4.90 Å². The molecule has 4 heteroatoms. The summed E-state index contributed by atoms with van der Waals surface area (Å²) in [6.07, 6.45) is 5.45. The highest BCUT2D eigenvalue weighted by molar-refractivity contribution is 6.09. The van der Waals surface area contributed by atoms with E-state index in [0.717, 1.165) is 41.3 Å². The van der Waals surface area contributed by atoms with E-state index in [1.54, 1.807) is 12.4 Å². The Morgan fingerprint density at radius 1 is 1.04 bits per heavy atom. The molecule has 4 nitrogen and oxygen atoms in total. The molecule has 0 spiro atoms. The molecule has 0 N–H and O–H groups in total. The summed E-state index contributed by atoms with van der Waals surface area (Å²) in [6.45, 7) is 1.22. The van der Waals surface area contributed by atoms with E-state index < -0.39 is 0 Å². The smallest absolute Gasteiger partial charge is 0.227 e. The predicted octanol–water partition coefficient (Wildman–Crippen LogP) is 3.90. The fourth-order valence-corrected chi connectivity index (χ4v) is 3.87. The molecule has 1 aliphatic heterocycles. The van der Waals surface area contributed by atoms with Gasteiger partial charge in [0.15, 0.2) is 5.78 Å². The number of ketones is 1. The van der Waals surface area contributed by atoms with Crippen LogP contribution in [0.15, 0.2) is 67.0 Å². The average molecular weight is 358 g/mol. The molecule has 1 saturated heterocycles. The summed E-state index contributed by atoms with van der Waals surface area (Å²) in [6, 6.07) is 17.6. The maximum atomic E-state index is 13.2. The lowest BCUT2D eigenvalue weighted by atomic mass is 9.88. The van der Waals surface area contributed by atoms with E-state index >= 15 is 0 Å². The summed E-state index contributed by atoms with van der Waals surface area (Å²) >= 11 is 0. The van der Waals surface area contributed by atoms with E-state index in [9.17, 15) is 9.59 Å². The van der Waals surface area contributed by atoms with Gasteiger partial charge in [0.05, 0.1) is 6.42 Å². The number of carbonyl (C=O) groups is 2. The van der Waals surface area contributed by atoms with Gasteiger partial charge in [-0.25, -0.2) is 0 Å². The standard InChI is InChI=1S/C23H22N2O2/c26-22(14-17-6-4-12-24-15-17)25-13-5-9-19(16-25)23(27)21-11-3-8-18-7-1-2-10-20(18)21/h1-4,6-8,10-12,15,19H,5,9,13-14,16H2. The van der Waals surface area contributed by atoms with Gasteiger partial charge in [-0.05, 0) is 35.2 Å². The molecule has 1 atom stereocenters. The molecule has 2 heterocycles. The Bertz CT molecular complexity index is 963. The lowest BCUT2D eigenvalue weighted by molar-refractivity contribution is -0.131. The van der Waals surface area contributed by atoms with Gasteiger partial charge in [-0.15, -0.1) is 0 Å². The zero-order valence-corrected chi connectivity index (χ0v) is 15.2. The Kier molecular flexibility index (Phi) is 4.97. The number of likely N-dealkylation sites (tertiary alicyclic amines) is 1. The van der Waals surface area contributed by atoms with Crippen molar-refractivity contribution in [3.63, 3.8) is 0 Å². The summed E-state index contributed by atoms with van der Waals surface area (Å²) in [4.78, 5) is 31.8. The van der Waals surface area contributed by atoms with Crippen molar-refractivity contribution in [3.8, 4) is 0 Å². The van der Waals surface area contributed by atoms with Gasteiger partial charge in [0.2, 0.25) is 5.91 Å². The van der Waals surface area contributed by atoms with Crippen molar-refractivity contribution in [2.45, 2.75) is 19.3 Å². The number of nitrogens with zero attached hydrogens (tertiary/aromatic N) is 2. The first-order valence-corrected chi connectivity index (χ1v) is 9.41. The van der Waals surface area contributed by atoms with Crippen molar-refractivity contribution < 1.29 is 9.59 Å². The number of hydrogen-bond donors (Lipinski definition) is 0. The lowest BCUT2D eigenvalue weighted by Gasteiger charge is -2.32. The van der Waals surface area contributed by atoms with Gasteiger partial charge in [-0.2, -0.15) is 0 Å². The molecular weight excluding hydrogens is 336 g/mol. The van der Waals surface area contributed by atoms with Crippen LogP contribution in [-0.4, -0.2) is 34.7 Å². The molecule has 136 valence electrons. The van der Waals surface area contributed by atoms with E-state index in [0.29, 0.717) is 13.0 Å². The Labute approximate surface area is 158 Å². The van der Waals surface area contributed by atoms with Gasteiger partial charge in [-0.1, -0.05) is 48.5 Å². The van der Waals surface area contributed by atoms with Crippen molar-refractivity contribution in [1.29, 1.82) is 0 Å². The van der Waals surface area contributed by atoms with Crippen molar-refractivity contribution in [2.24, 2.45) is 5.92 Å². The van der Waals surface area contributed by atoms with E-state index in [1.807, 2.05) is 59.5 Å². The molecule has 1 unspecified atom stereocenters. The number of fused-ring (bicyclic) bond motifs is 1. The topological polar surface area (TPSA) is 50.3 Å². The summed E-state index contributed by atoms with van der Waals surface area (Å²) < 4.78 is 0. The first-order valence-electron chi connectivity index (χ1n) is 9.41. The average Bonchev–Trinajstić information content (AvgIpc) is 2.73. The number of carbonyl (C=O) groups excluding carboxylic acids is 2. The molecule has 0 aliphatic carbocycles. The third kappa shape index (κ3) is 3.75. The van der Waals surface area contributed by atoms with Crippen LogP contribution in [0.3, 0.4) is 0 Å². The number of pyridine rings is 1. The van der Waals surface area contributed by atoms with Gasteiger partial charge >= 0.3 is 0 Å². The van der Waals surface area contributed by atoms with Crippen LogP contribution in [0.2, 0.25) is 0 Å². The zero-order chi connectivity index (χ0) is 18.6. The number of hydrogen-bond acceptors (Lipinski definition) is 3. The van der Waals surface area contributed by atoms with E-state index in [1.165, 1.54) is 0 Å². The maximum absolute atomic E-state index is 13.2. The second-order valence-corrected chi connectivity index (χ2v) is 7.11. The Morgan fingerprint density at radius 2 is 1.89 bits per heavy atom. The number of Topliss-reactive ketones (excluding diaryl/α,β-unsaturated/α-hetero) is 1. The summed E-state index contributed by atoms with van der Waals surface area (Å²) in [5.41, 5.74) is 1.67. The molecule has 1 fully saturated rings. The van der Waals surface area contributed by atoms with Crippen LogP contribution >= 0.6 is 0 Å². The van der Waals surface area contributed by atoms with Crippen molar-refractivity contribution in [2.75, 3.05) is 13.1 Å². The van der Waals surface area contributed by atoms with Crippen LogP contribution in [0, 0.1) is 5.92 Å². The quantitative estimate of drug-likeness (QED) is 0.665. The predicted molar refractivity (Wildman–Crippen MR) is 106 cm³/mol. The maximum Gasteiger partial charge on any atom is 0.227 e. The third-order valence-electron chi connectivity index (χ3n) is 5.28. The van der Waals surface area contributed by atoms with Gasteiger partial charge in [0, 0.05) is 37.0 Å². The number of amides is 1. The summed E-state index contributed by atoms with van der Waals surface area (Å²) in [7, 11) is 0. The normalized spacial score (nSPS) is 17.0. The highest BCUT2D eigenvalue weighted by Gasteiger charge is 2.29. The highest BCUT2D eigenvalue weighted by atomic mass is 16.2. The zero-order valence-electron chi connectivity index (χ0n) is 15.2. The molecule has 0 bridgehead atoms. The fraction of sp³-hybridized carbons (Fsp3) is 0.261. The SMILES string of the molecule is O=C(c1cccc2ccccc12)C1CCCN(C(=O)Cc2cccnc2)C1. The van der Waals surface area contributed by atoms with Crippen LogP contribution in [0.4, 0.5) is 0 Å². The highest BCUT2D eigenvalue weighted by Crippen LogP contribution is 2.26. The minimum Gasteiger partial charge on any atom is -0.342 e. The van der Waals surface area contributed by atoms with Crippen molar-refractivity contribution >= 4 is 22.5 Å². The van der Waals surface area contributed by atoms with Crippen LogP contribution in [0.25, 0.3) is 10.8 Å². The number of aromatic nitrogens is 1. The van der Waals surface area contributed by atoms with Gasteiger partial charge in [0.1, 0.15) is 0 Å². The molecule has 4 rings (SSSR count). The monoisotopic (exact) mass is 358 g/mol. The third-order valence-corrected chi connectivity index (χ3v) is 5.28. The minimum atomic E-state index is -0.137. The fourth-order valence-electron chi connectivity index (χ4n) is 3.87. The first-order chi connectivity index (χ1) is 13.2. The Morgan fingerprint density at radius 3 is 2.74 bits per heavy atom. The molecule has 1 aliphatic rings. The van der Waals surface area contributed by atoms with E-state index in [-0.39, 0.29) is 17.6 Å². The summed E-state index contributed by atoms with van der Waals surface area (Å²) in [5, 5.41) is 2.06. The Balaban J connectivity index is 1.50. The lowest BCUT2D eigenvalue weighted by Crippen LogP contribution is -2.43. The molecule has 1 aromatic heterocycles. The summed E-state index contributed by atoms with van der Waals surface area (Å²) in [5.74, 6) is 0.0755. The van der Waals surface area contributed by atoms with Crippen LogP contribution in [0.5, 0.6) is 0 Å². The molecule has 0 radical (unpaired) electrons. The van der Waals surface area contributed by atoms with Crippen molar-refractivity contribution in [3.05, 3.63) is 78.1 Å². The minimum absolute atomic E-state index is 0.0680. The molecule has 3 aromatic rings. The van der Waals surface area contributed by atoms with Crippen LogP contribution in [0.1, 0.15) is 28.8 Å². The molecule has 27 heavy (non-hydrogen) atoms. The number of rotatable bonds is 4. The first kappa shape index (κ1) is 17.4. The van der Waals surface area contributed by atoms with Gasteiger partial charge in [0.25, 0.3) is 0 Å². The Hall–Kier alpha value is -3.01. The second kappa shape index (κ2) is 7.70. The molecule has 0 saturated carbocycles. The molecule has 1 amide bonds. The van der Waals surface area contributed by atoms with Crippen molar-refractivity contribution in [1.82, 2.24) is 9.88 Å². The van der Waals surface area contributed by atoms with E-state index in [4.69, 9.17) is 0 Å². The van der Waals surface area contributed by atoms with Crippen LogP contribution in [-0.2, 0) is 11.2 Å². The van der Waals surface area contributed by atoms with Crippen LogP contribution < -0.4 is 0 Å². The van der Waals surface area contributed by atoms with Gasteiger partial charge in [-0.3, -0.25) is 14.6 Å². The number of benzene rings is 2. The van der Waals surface area contributed by atoms with E-state index in [2.05, 4.69) is 4.98 Å². The molecule has 2 aromatic carbocycles. The largest absolute Gasteiger partial charge is 0.342 e.